The van der Waals surface area contributed by atoms with Crippen LogP contribution in [0.15, 0.2) is 46.2 Å². The Kier molecular flexibility index (Phi) is 4.60. The zero-order valence-corrected chi connectivity index (χ0v) is 14.8. The van der Waals surface area contributed by atoms with Crippen LogP contribution in [0.2, 0.25) is 0 Å². The molecule has 1 aromatic carbocycles. The van der Waals surface area contributed by atoms with Gasteiger partial charge in [-0.2, -0.15) is 4.31 Å². The fourth-order valence-electron chi connectivity index (χ4n) is 3.37. The number of hydrogen-bond acceptors (Lipinski definition) is 3. The van der Waals surface area contributed by atoms with Crippen LogP contribution in [0.3, 0.4) is 0 Å². The molecule has 2 aromatic rings. The third-order valence-electron chi connectivity index (χ3n) is 4.67. The van der Waals surface area contributed by atoms with Gasteiger partial charge >= 0.3 is 0 Å². The third-order valence-corrected chi connectivity index (χ3v) is 6.73. The predicted molar refractivity (Wildman–Crippen MR) is 93.7 cm³/mol. The van der Waals surface area contributed by atoms with Gasteiger partial charge in [-0.15, -0.1) is 0 Å². The summed E-state index contributed by atoms with van der Waals surface area (Å²) in [6.07, 6.45) is 3.11. The SMILES string of the molecule is Cc1ccc(S(=O)(=O)N2CCC(c3cc[nH]c(=O)c3)CC2)c(C)c1. The molecule has 0 bridgehead atoms. The monoisotopic (exact) mass is 346 g/mol. The molecule has 1 aliphatic rings. The van der Waals surface area contributed by atoms with Crippen LogP contribution in [0.1, 0.15) is 35.4 Å². The van der Waals surface area contributed by atoms with Crippen LogP contribution in [-0.4, -0.2) is 30.8 Å². The molecule has 2 heterocycles. The van der Waals surface area contributed by atoms with Crippen LogP contribution in [-0.2, 0) is 10.0 Å². The molecule has 1 aromatic heterocycles. The number of pyridine rings is 1. The summed E-state index contributed by atoms with van der Waals surface area (Å²) in [5.74, 6) is 0.234. The lowest BCUT2D eigenvalue weighted by atomic mass is 9.91. The number of aryl methyl sites for hydroxylation is 2. The van der Waals surface area contributed by atoms with Gasteiger partial charge in [0.15, 0.2) is 0 Å². The van der Waals surface area contributed by atoms with E-state index in [1.807, 2.05) is 32.0 Å². The van der Waals surface area contributed by atoms with Gasteiger partial charge in [-0.1, -0.05) is 17.7 Å². The van der Waals surface area contributed by atoms with E-state index in [-0.39, 0.29) is 11.5 Å². The Morgan fingerprint density at radius 2 is 1.79 bits per heavy atom. The van der Waals surface area contributed by atoms with Crippen LogP contribution in [0, 0.1) is 13.8 Å². The average molecular weight is 346 g/mol. The lowest BCUT2D eigenvalue weighted by Gasteiger charge is -2.31. The van der Waals surface area contributed by atoms with E-state index in [2.05, 4.69) is 4.98 Å². The number of nitrogens with one attached hydrogen (secondary N) is 1. The van der Waals surface area contributed by atoms with Gasteiger partial charge in [-0.3, -0.25) is 4.79 Å². The van der Waals surface area contributed by atoms with Crippen molar-refractivity contribution in [2.24, 2.45) is 0 Å². The van der Waals surface area contributed by atoms with Gasteiger partial charge in [0.25, 0.3) is 0 Å². The molecule has 0 atom stereocenters. The maximum Gasteiger partial charge on any atom is 0.248 e. The molecule has 1 N–H and O–H groups in total. The molecule has 5 nitrogen and oxygen atoms in total. The Bertz CT molecular complexity index is 894. The highest BCUT2D eigenvalue weighted by Crippen LogP contribution is 2.30. The van der Waals surface area contributed by atoms with Crippen molar-refractivity contribution in [2.45, 2.75) is 37.5 Å². The Hall–Kier alpha value is -1.92. The molecule has 128 valence electrons. The molecule has 0 unspecified atom stereocenters. The maximum atomic E-state index is 12.9. The van der Waals surface area contributed by atoms with Gasteiger partial charge in [-0.05, 0) is 55.9 Å². The second kappa shape index (κ2) is 6.53. The minimum Gasteiger partial charge on any atom is -0.329 e. The lowest BCUT2D eigenvalue weighted by Crippen LogP contribution is -2.38. The quantitative estimate of drug-likeness (QED) is 0.928. The molecule has 0 aliphatic carbocycles. The normalized spacial score (nSPS) is 17.1. The summed E-state index contributed by atoms with van der Waals surface area (Å²) in [5.41, 5.74) is 2.71. The van der Waals surface area contributed by atoms with Gasteiger partial charge in [0.1, 0.15) is 0 Å². The van der Waals surface area contributed by atoms with Crippen LogP contribution in [0.5, 0.6) is 0 Å². The number of hydrogen-bond donors (Lipinski definition) is 1. The van der Waals surface area contributed by atoms with E-state index in [9.17, 15) is 13.2 Å². The topological polar surface area (TPSA) is 70.2 Å². The van der Waals surface area contributed by atoms with Crippen molar-refractivity contribution >= 4 is 10.0 Å². The number of H-pyrrole nitrogens is 1. The van der Waals surface area contributed by atoms with Crippen molar-refractivity contribution in [2.75, 3.05) is 13.1 Å². The summed E-state index contributed by atoms with van der Waals surface area (Å²) in [4.78, 5) is 14.5. The molecular formula is C18H22N2O3S. The highest BCUT2D eigenvalue weighted by atomic mass is 32.2. The first-order valence-electron chi connectivity index (χ1n) is 8.14. The van der Waals surface area contributed by atoms with Crippen molar-refractivity contribution in [3.63, 3.8) is 0 Å². The first-order chi connectivity index (χ1) is 11.4. The largest absolute Gasteiger partial charge is 0.329 e. The van der Waals surface area contributed by atoms with Crippen molar-refractivity contribution in [1.82, 2.24) is 9.29 Å². The van der Waals surface area contributed by atoms with Gasteiger partial charge in [-0.25, -0.2) is 8.42 Å². The fourth-order valence-corrected chi connectivity index (χ4v) is 5.05. The van der Waals surface area contributed by atoms with Gasteiger partial charge < -0.3 is 4.98 Å². The highest BCUT2D eigenvalue weighted by molar-refractivity contribution is 7.89. The van der Waals surface area contributed by atoms with Gasteiger partial charge in [0, 0.05) is 25.4 Å². The first kappa shape index (κ1) is 16.9. The molecule has 1 aliphatic heterocycles. The standard InChI is InChI=1S/C18H22N2O3S/c1-13-3-4-17(14(2)11-13)24(22,23)20-9-6-15(7-10-20)16-5-8-19-18(21)12-16/h3-5,8,11-12,15H,6-7,9-10H2,1-2H3,(H,19,21). The predicted octanol–water partition coefficient (Wildman–Crippen LogP) is 2.56. The highest BCUT2D eigenvalue weighted by Gasteiger charge is 2.30. The number of benzene rings is 1. The molecule has 0 radical (unpaired) electrons. The summed E-state index contributed by atoms with van der Waals surface area (Å²) in [6, 6.07) is 8.95. The van der Waals surface area contributed by atoms with Crippen molar-refractivity contribution < 1.29 is 8.42 Å². The Balaban J connectivity index is 1.77. The summed E-state index contributed by atoms with van der Waals surface area (Å²) < 4.78 is 27.3. The Labute approximate surface area is 142 Å². The zero-order chi connectivity index (χ0) is 17.3. The summed E-state index contributed by atoms with van der Waals surface area (Å²) in [6.45, 7) is 4.75. The van der Waals surface area contributed by atoms with Gasteiger partial charge in [0.05, 0.1) is 4.90 Å². The molecule has 0 amide bonds. The molecule has 0 spiro atoms. The van der Waals surface area contributed by atoms with E-state index in [0.29, 0.717) is 18.0 Å². The first-order valence-corrected chi connectivity index (χ1v) is 9.58. The van der Waals surface area contributed by atoms with E-state index in [1.165, 1.54) is 0 Å². The van der Waals surface area contributed by atoms with Crippen molar-refractivity contribution in [3.05, 3.63) is 63.6 Å². The number of rotatable bonds is 3. The molecule has 6 heteroatoms. The van der Waals surface area contributed by atoms with E-state index in [1.54, 1.807) is 22.6 Å². The second-order valence-corrected chi connectivity index (χ2v) is 8.34. The number of piperidine rings is 1. The minimum atomic E-state index is -3.46. The molecule has 24 heavy (non-hydrogen) atoms. The molecule has 3 rings (SSSR count). The van der Waals surface area contributed by atoms with Gasteiger partial charge in [0.2, 0.25) is 15.6 Å². The minimum absolute atomic E-state index is 0.113. The summed E-state index contributed by atoms with van der Waals surface area (Å²) in [7, 11) is -3.46. The van der Waals surface area contributed by atoms with Crippen molar-refractivity contribution in [3.8, 4) is 0 Å². The van der Waals surface area contributed by atoms with Crippen molar-refractivity contribution in [1.29, 1.82) is 0 Å². The van der Waals surface area contributed by atoms with Crippen LogP contribution < -0.4 is 5.56 Å². The second-order valence-electron chi connectivity index (χ2n) is 6.43. The Morgan fingerprint density at radius 3 is 2.42 bits per heavy atom. The molecule has 1 fully saturated rings. The van der Waals surface area contributed by atoms with Crippen LogP contribution in [0.25, 0.3) is 0 Å². The Morgan fingerprint density at radius 1 is 1.08 bits per heavy atom. The zero-order valence-electron chi connectivity index (χ0n) is 14.0. The third kappa shape index (κ3) is 3.30. The summed E-state index contributed by atoms with van der Waals surface area (Å²) in [5, 5.41) is 0. The van der Waals surface area contributed by atoms with Crippen LogP contribution >= 0.6 is 0 Å². The molecule has 1 saturated heterocycles. The molecular weight excluding hydrogens is 324 g/mol. The number of sulfonamides is 1. The van der Waals surface area contributed by atoms with E-state index < -0.39 is 10.0 Å². The smallest absolute Gasteiger partial charge is 0.248 e. The van der Waals surface area contributed by atoms with E-state index in [0.717, 1.165) is 29.5 Å². The summed E-state index contributed by atoms with van der Waals surface area (Å²) >= 11 is 0. The van der Waals surface area contributed by atoms with Crippen LogP contribution in [0.4, 0.5) is 0 Å². The lowest BCUT2D eigenvalue weighted by molar-refractivity contribution is 0.319. The number of aromatic nitrogens is 1. The number of nitrogens with zero attached hydrogens (tertiary/aromatic N) is 1. The average Bonchev–Trinajstić information content (AvgIpc) is 2.54. The maximum absolute atomic E-state index is 12.9. The molecule has 0 saturated carbocycles. The fraction of sp³-hybridized carbons (Fsp3) is 0.389. The van der Waals surface area contributed by atoms with E-state index in [4.69, 9.17) is 0 Å². The number of aromatic amines is 1. The van der Waals surface area contributed by atoms with E-state index >= 15 is 0 Å².